The number of esters is 3. The summed E-state index contributed by atoms with van der Waals surface area (Å²) in [4.78, 5) is 37.9. The fourth-order valence-electron chi connectivity index (χ4n) is 9.02. The van der Waals surface area contributed by atoms with Gasteiger partial charge in [-0.25, -0.2) is 0 Å². The summed E-state index contributed by atoms with van der Waals surface area (Å²) in [5.41, 5.74) is 0. The van der Waals surface area contributed by atoms with Crippen LogP contribution >= 0.6 is 0 Å². The summed E-state index contributed by atoms with van der Waals surface area (Å²) < 4.78 is 16.8. The largest absolute Gasteiger partial charge is 0.462 e. The van der Waals surface area contributed by atoms with Crippen LogP contribution in [0.4, 0.5) is 0 Å². The smallest absolute Gasteiger partial charge is 0.306 e. The number of hydrogen-bond acceptors (Lipinski definition) is 6. The van der Waals surface area contributed by atoms with E-state index >= 15 is 0 Å². The van der Waals surface area contributed by atoms with Gasteiger partial charge in [-0.15, -0.1) is 0 Å². The van der Waals surface area contributed by atoms with Crippen molar-refractivity contribution in [3.8, 4) is 0 Å². The van der Waals surface area contributed by atoms with Crippen molar-refractivity contribution in [2.24, 2.45) is 0 Å². The fourth-order valence-corrected chi connectivity index (χ4v) is 9.02. The maximum atomic E-state index is 12.8. The molecule has 0 heterocycles. The number of carbonyl (C=O) groups excluding carboxylic acids is 3. The number of allylic oxidation sites excluding steroid dienone is 8. The van der Waals surface area contributed by atoms with Gasteiger partial charge in [-0.2, -0.15) is 0 Å². The van der Waals surface area contributed by atoms with Gasteiger partial charge in [0.05, 0.1) is 0 Å². The van der Waals surface area contributed by atoms with E-state index in [1.165, 1.54) is 199 Å². The van der Waals surface area contributed by atoms with E-state index in [1.54, 1.807) is 0 Å². The normalized spacial score (nSPS) is 12.3. The van der Waals surface area contributed by atoms with Gasteiger partial charge in [0.1, 0.15) is 13.2 Å². The first kappa shape index (κ1) is 67.4. The molecule has 0 aliphatic rings. The molecule has 6 nitrogen and oxygen atoms in total. The van der Waals surface area contributed by atoms with E-state index in [1.807, 2.05) is 0 Å². The second-order valence-electron chi connectivity index (χ2n) is 20.6. The molecule has 408 valence electrons. The van der Waals surface area contributed by atoms with Gasteiger partial charge in [0.15, 0.2) is 6.10 Å². The predicted molar refractivity (Wildman–Crippen MR) is 302 cm³/mol. The Labute approximate surface area is 435 Å². The van der Waals surface area contributed by atoms with E-state index in [0.717, 1.165) is 83.5 Å². The van der Waals surface area contributed by atoms with Crippen molar-refractivity contribution in [3.63, 3.8) is 0 Å². The van der Waals surface area contributed by atoms with Gasteiger partial charge in [0.2, 0.25) is 0 Å². The summed E-state index contributed by atoms with van der Waals surface area (Å²) in [5, 5.41) is 0. The Balaban J connectivity index is 3.94. The van der Waals surface area contributed by atoms with Crippen molar-refractivity contribution in [1.82, 2.24) is 0 Å². The quantitative estimate of drug-likeness (QED) is 0.0261. The first-order chi connectivity index (χ1) is 34.5. The summed E-state index contributed by atoms with van der Waals surface area (Å²) in [6.07, 6.45) is 72.9. The second kappa shape index (κ2) is 58.9. The molecule has 0 rings (SSSR count). The standard InChI is InChI=1S/C64H116O6/c1-4-7-10-13-16-19-21-22-23-24-25-26-27-28-29-30-31-32-33-34-35-36-37-38-39-40-41-42-43-46-48-51-54-57-63(66)69-60-61(59-68-62(65)56-53-50-47-44-18-15-12-9-6-3)70-64(67)58-55-52-49-45-20-17-14-11-8-5-2/h7,10,16,19,22-23,25-26,61H,4-6,8-9,11-15,17-18,20-21,24,27-60H2,1-3H3/b10-7-,19-16-,23-22-,26-25-. The molecule has 0 N–H and O–H groups in total. The van der Waals surface area contributed by atoms with Crippen LogP contribution in [0.5, 0.6) is 0 Å². The first-order valence-corrected chi connectivity index (χ1v) is 30.6. The third-order valence-corrected chi connectivity index (χ3v) is 13.6. The molecule has 0 amide bonds. The lowest BCUT2D eigenvalue weighted by Crippen LogP contribution is -2.30. The molecule has 0 saturated heterocycles. The Morgan fingerprint density at radius 1 is 0.300 bits per heavy atom. The molecule has 0 fully saturated rings. The van der Waals surface area contributed by atoms with E-state index < -0.39 is 6.10 Å². The molecule has 0 aromatic heterocycles. The third kappa shape index (κ3) is 56.3. The highest BCUT2D eigenvalue weighted by molar-refractivity contribution is 5.71. The van der Waals surface area contributed by atoms with E-state index in [9.17, 15) is 14.4 Å². The van der Waals surface area contributed by atoms with E-state index in [-0.39, 0.29) is 31.1 Å². The lowest BCUT2D eigenvalue weighted by molar-refractivity contribution is -0.167. The Morgan fingerprint density at radius 3 is 0.871 bits per heavy atom. The highest BCUT2D eigenvalue weighted by Gasteiger charge is 2.19. The van der Waals surface area contributed by atoms with Crippen molar-refractivity contribution >= 4 is 17.9 Å². The highest BCUT2D eigenvalue weighted by atomic mass is 16.6. The van der Waals surface area contributed by atoms with Gasteiger partial charge in [0, 0.05) is 19.3 Å². The van der Waals surface area contributed by atoms with Crippen LogP contribution in [-0.4, -0.2) is 37.2 Å². The van der Waals surface area contributed by atoms with E-state index in [4.69, 9.17) is 14.2 Å². The molecule has 0 spiro atoms. The zero-order valence-corrected chi connectivity index (χ0v) is 46.8. The fraction of sp³-hybridized carbons (Fsp3) is 0.828. The molecular weight excluding hydrogens is 865 g/mol. The molecule has 1 unspecified atom stereocenters. The SMILES string of the molecule is CC/C=C\C/C=C\C/C=C\C/C=C\CCCCCCCCCCCCCCCCCCCCCCC(=O)OCC(COC(=O)CCCCCCCCCCC)OC(=O)CCCCCCCCCCCC. The zero-order valence-electron chi connectivity index (χ0n) is 46.8. The van der Waals surface area contributed by atoms with Crippen molar-refractivity contribution in [2.45, 2.75) is 329 Å². The van der Waals surface area contributed by atoms with Gasteiger partial charge in [-0.3, -0.25) is 14.4 Å². The van der Waals surface area contributed by atoms with Crippen LogP contribution in [0.3, 0.4) is 0 Å². The van der Waals surface area contributed by atoms with Crippen LogP contribution in [-0.2, 0) is 28.6 Å². The van der Waals surface area contributed by atoms with Crippen LogP contribution in [0, 0.1) is 0 Å². The topological polar surface area (TPSA) is 78.9 Å². The minimum atomic E-state index is -0.764. The molecule has 0 aliphatic heterocycles. The Kier molecular flexibility index (Phi) is 56.7. The number of rotatable bonds is 56. The monoisotopic (exact) mass is 981 g/mol. The summed E-state index contributed by atoms with van der Waals surface area (Å²) >= 11 is 0. The van der Waals surface area contributed by atoms with Crippen LogP contribution in [0.2, 0.25) is 0 Å². The lowest BCUT2D eigenvalue weighted by atomic mass is 10.0. The van der Waals surface area contributed by atoms with E-state index in [0.29, 0.717) is 19.3 Å². The van der Waals surface area contributed by atoms with Crippen molar-refractivity contribution in [3.05, 3.63) is 48.6 Å². The minimum absolute atomic E-state index is 0.0663. The van der Waals surface area contributed by atoms with Gasteiger partial charge < -0.3 is 14.2 Å². The number of ether oxygens (including phenoxy) is 3. The van der Waals surface area contributed by atoms with Gasteiger partial charge in [0.25, 0.3) is 0 Å². The molecule has 6 heteroatoms. The van der Waals surface area contributed by atoms with E-state index in [2.05, 4.69) is 69.4 Å². The first-order valence-electron chi connectivity index (χ1n) is 30.6. The van der Waals surface area contributed by atoms with Crippen molar-refractivity contribution in [1.29, 1.82) is 0 Å². The number of unbranched alkanes of at least 4 members (excludes halogenated alkanes) is 37. The Hall–Kier alpha value is -2.63. The minimum Gasteiger partial charge on any atom is -0.462 e. The Bertz CT molecular complexity index is 1220. The van der Waals surface area contributed by atoms with Gasteiger partial charge in [-0.1, -0.05) is 294 Å². The highest BCUT2D eigenvalue weighted by Crippen LogP contribution is 2.17. The number of hydrogen-bond donors (Lipinski definition) is 0. The summed E-state index contributed by atoms with van der Waals surface area (Å²) in [5.74, 6) is -0.853. The maximum absolute atomic E-state index is 12.8. The molecular formula is C64H116O6. The summed E-state index contributed by atoms with van der Waals surface area (Å²) in [7, 11) is 0. The summed E-state index contributed by atoms with van der Waals surface area (Å²) in [6.45, 7) is 6.53. The number of carbonyl (C=O) groups is 3. The average molecular weight is 982 g/mol. The van der Waals surface area contributed by atoms with Gasteiger partial charge >= 0.3 is 17.9 Å². The molecule has 0 radical (unpaired) electrons. The van der Waals surface area contributed by atoms with Crippen LogP contribution < -0.4 is 0 Å². The molecule has 1 atom stereocenters. The zero-order chi connectivity index (χ0) is 50.7. The average Bonchev–Trinajstić information content (AvgIpc) is 3.36. The molecule has 0 aromatic carbocycles. The van der Waals surface area contributed by atoms with Crippen LogP contribution in [0.15, 0.2) is 48.6 Å². The molecule has 0 saturated carbocycles. The molecule has 0 bridgehead atoms. The molecule has 0 aromatic rings. The van der Waals surface area contributed by atoms with Crippen molar-refractivity contribution in [2.75, 3.05) is 13.2 Å². The predicted octanol–water partition coefficient (Wildman–Crippen LogP) is 20.6. The molecule has 70 heavy (non-hydrogen) atoms. The summed E-state index contributed by atoms with van der Waals surface area (Å²) in [6, 6.07) is 0. The Morgan fingerprint density at radius 2 is 0.557 bits per heavy atom. The molecule has 0 aliphatic carbocycles. The van der Waals surface area contributed by atoms with Crippen LogP contribution in [0.25, 0.3) is 0 Å². The van der Waals surface area contributed by atoms with Crippen LogP contribution in [0.1, 0.15) is 323 Å². The maximum Gasteiger partial charge on any atom is 0.306 e. The second-order valence-corrected chi connectivity index (χ2v) is 20.6. The lowest BCUT2D eigenvalue weighted by Gasteiger charge is -2.18. The third-order valence-electron chi connectivity index (χ3n) is 13.6. The van der Waals surface area contributed by atoms with Gasteiger partial charge in [-0.05, 0) is 57.8 Å². The van der Waals surface area contributed by atoms with Crippen molar-refractivity contribution < 1.29 is 28.6 Å².